The predicted octanol–water partition coefficient (Wildman–Crippen LogP) is 5.92. The van der Waals surface area contributed by atoms with Crippen LogP contribution < -0.4 is 0 Å². The molecule has 3 aromatic rings. The number of fused-ring (bicyclic) bond motifs is 1. The highest BCUT2D eigenvalue weighted by molar-refractivity contribution is 9.10. The molecule has 0 aliphatic heterocycles. The smallest absolute Gasteiger partial charge is 0.0635 e. The Bertz CT molecular complexity index is 977. The van der Waals surface area contributed by atoms with Crippen LogP contribution in [-0.2, 0) is 0 Å². The summed E-state index contributed by atoms with van der Waals surface area (Å²) in [5.41, 5.74) is 0.941. The topological polar surface area (TPSA) is 0 Å². The molecule has 0 aliphatic carbocycles. The van der Waals surface area contributed by atoms with E-state index in [2.05, 4.69) is 15.9 Å². The standard InChI is InChI=1S/C16H10BrCl/c17-15-6-2-4-12-3-1-5-14(16(12)15)11-7-9-13(18)10-8-11/h1-10H/i1D,2D,3D,4D,5D,6D. The van der Waals surface area contributed by atoms with Crippen LogP contribution in [0.25, 0.3) is 21.9 Å². The molecule has 3 rings (SSSR count). The van der Waals surface area contributed by atoms with Gasteiger partial charge in [0.05, 0.1) is 8.22 Å². The third-order valence-electron chi connectivity index (χ3n) is 2.59. The molecular weight excluding hydrogens is 308 g/mol. The molecule has 3 aromatic carbocycles. The zero-order valence-electron chi connectivity index (χ0n) is 15.1. The normalized spacial score (nSPS) is 15.4. The molecule has 2 heteroatoms. The highest BCUT2D eigenvalue weighted by Crippen LogP contribution is 2.34. The third-order valence-corrected chi connectivity index (χ3v) is 3.43. The van der Waals surface area contributed by atoms with E-state index >= 15 is 0 Å². The van der Waals surface area contributed by atoms with Crippen molar-refractivity contribution in [2.45, 2.75) is 0 Å². The van der Waals surface area contributed by atoms with Gasteiger partial charge >= 0.3 is 0 Å². The van der Waals surface area contributed by atoms with Crippen molar-refractivity contribution < 1.29 is 8.22 Å². The molecule has 0 saturated carbocycles. The van der Waals surface area contributed by atoms with Crippen molar-refractivity contribution in [1.29, 1.82) is 0 Å². The first-order valence-electron chi connectivity index (χ1n) is 8.20. The molecule has 0 heterocycles. The second-order valence-electron chi connectivity index (χ2n) is 3.70. The van der Waals surface area contributed by atoms with Crippen molar-refractivity contribution in [2.75, 3.05) is 0 Å². The number of rotatable bonds is 1. The molecule has 0 saturated heterocycles. The van der Waals surface area contributed by atoms with Crippen molar-refractivity contribution in [3.8, 4) is 11.1 Å². The van der Waals surface area contributed by atoms with E-state index in [1.54, 1.807) is 24.3 Å². The summed E-state index contributed by atoms with van der Waals surface area (Å²) in [6, 6.07) is 5.13. The van der Waals surface area contributed by atoms with Gasteiger partial charge in [0.1, 0.15) is 0 Å². The average molecular weight is 324 g/mol. The molecule has 0 bridgehead atoms. The first kappa shape index (κ1) is 6.74. The van der Waals surface area contributed by atoms with Crippen molar-refractivity contribution in [2.24, 2.45) is 0 Å². The summed E-state index contributed by atoms with van der Waals surface area (Å²) in [7, 11) is 0. The van der Waals surface area contributed by atoms with Gasteiger partial charge in [-0.05, 0) is 34.7 Å². The Kier molecular flexibility index (Phi) is 1.78. The fraction of sp³-hybridized carbons (Fsp3) is 0. The lowest BCUT2D eigenvalue weighted by Gasteiger charge is -2.08. The summed E-state index contributed by atoms with van der Waals surface area (Å²) >= 11 is 9.18. The van der Waals surface area contributed by atoms with Gasteiger partial charge < -0.3 is 0 Å². The van der Waals surface area contributed by atoms with E-state index in [1.807, 2.05) is 0 Å². The van der Waals surface area contributed by atoms with Crippen molar-refractivity contribution in [1.82, 2.24) is 0 Å². The van der Waals surface area contributed by atoms with E-state index in [0.717, 1.165) is 0 Å². The minimum atomic E-state index is -0.318. The monoisotopic (exact) mass is 322 g/mol. The molecule has 18 heavy (non-hydrogen) atoms. The van der Waals surface area contributed by atoms with Crippen LogP contribution in [0.4, 0.5) is 0 Å². The van der Waals surface area contributed by atoms with Crippen LogP contribution in [0, 0.1) is 0 Å². The van der Waals surface area contributed by atoms with Gasteiger partial charge in [-0.15, -0.1) is 0 Å². The largest absolute Gasteiger partial charge is 0.0843 e. The van der Waals surface area contributed by atoms with E-state index in [-0.39, 0.29) is 46.1 Å². The van der Waals surface area contributed by atoms with Crippen LogP contribution >= 0.6 is 27.5 Å². The SMILES string of the molecule is [2H]c1c([2H])c(Br)c2c(-c3ccc(Cl)cc3)c([2H])c([2H])c([2H])c2c1[2H]. The number of hydrogen-bond donors (Lipinski definition) is 0. The van der Waals surface area contributed by atoms with Crippen molar-refractivity contribution >= 4 is 38.3 Å². The fourth-order valence-electron chi connectivity index (χ4n) is 1.76. The Labute approximate surface area is 128 Å². The van der Waals surface area contributed by atoms with Crippen LogP contribution in [0.3, 0.4) is 0 Å². The summed E-state index contributed by atoms with van der Waals surface area (Å²) < 4.78 is 48.7. The maximum absolute atomic E-state index is 8.27. The van der Waals surface area contributed by atoms with Gasteiger partial charge in [-0.25, -0.2) is 0 Å². The summed E-state index contributed by atoms with van der Waals surface area (Å²) in [5, 5.41) is 0.941. The molecule has 0 N–H and O–H groups in total. The Morgan fingerprint density at radius 3 is 2.33 bits per heavy atom. The minimum Gasteiger partial charge on any atom is -0.0843 e. The van der Waals surface area contributed by atoms with Gasteiger partial charge in [0.2, 0.25) is 0 Å². The van der Waals surface area contributed by atoms with Gasteiger partial charge in [0, 0.05) is 14.9 Å². The molecule has 0 aliphatic rings. The molecule has 0 radical (unpaired) electrons. The summed E-state index contributed by atoms with van der Waals surface area (Å²) in [6.45, 7) is 0. The van der Waals surface area contributed by atoms with Crippen LogP contribution in [0.2, 0.25) is 5.02 Å². The Morgan fingerprint density at radius 1 is 0.944 bits per heavy atom. The van der Waals surface area contributed by atoms with Crippen molar-refractivity contribution in [3.05, 3.63) is 70.0 Å². The van der Waals surface area contributed by atoms with Gasteiger partial charge in [-0.2, -0.15) is 0 Å². The van der Waals surface area contributed by atoms with E-state index in [9.17, 15) is 0 Å². The van der Waals surface area contributed by atoms with Crippen LogP contribution in [0.1, 0.15) is 8.22 Å². The first-order valence-corrected chi connectivity index (χ1v) is 6.37. The Balaban J connectivity index is 2.61. The van der Waals surface area contributed by atoms with E-state index in [1.165, 1.54) is 0 Å². The zero-order valence-corrected chi connectivity index (χ0v) is 11.4. The molecule has 0 amide bonds. The lowest BCUT2D eigenvalue weighted by atomic mass is 9.98. The van der Waals surface area contributed by atoms with Gasteiger partial charge in [-0.1, -0.05) is 69.9 Å². The zero-order chi connectivity index (χ0) is 17.8. The quantitative estimate of drug-likeness (QED) is 0.521. The highest BCUT2D eigenvalue weighted by Gasteiger charge is 2.06. The Hall–Kier alpha value is -1.31. The highest BCUT2D eigenvalue weighted by atomic mass is 79.9. The molecule has 0 fully saturated rings. The molecule has 0 unspecified atom stereocenters. The second kappa shape index (κ2) is 4.75. The Morgan fingerprint density at radius 2 is 1.61 bits per heavy atom. The minimum absolute atomic E-state index is 0.0915. The van der Waals surface area contributed by atoms with E-state index in [0.29, 0.717) is 21.5 Å². The third kappa shape index (κ3) is 2.05. The van der Waals surface area contributed by atoms with Gasteiger partial charge in [0.25, 0.3) is 0 Å². The van der Waals surface area contributed by atoms with E-state index < -0.39 is 0 Å². The number of benzene rings is 3. The summed E-state index contributed by atoms with van der Waals surface area (Å²) in [4.78, 5) is 0. The lowest BCUT2D eigenvalue weighted by Crippen LogP contribution is -1.82. The predicted molar refractivity (Wildman–Crippen MR) is 82.1 cm³/mol. The van der Waals surface area contributed by atoms with Gasteiger partial charge in [0.15, 0.2) is 0 Å². The van der Waals surface area contributed by atoms with Gasteiger partial charge in [-0.3, -0.25) is 0 Å². The molecule has 0 nitrogen and oxygen atoms in total. The molecular formula is C16H10BrCl. The van der Waals surface area contributed by atoms with Crippen molar-refractivity contribution in [3.63, 3.8) is 0 Å². The molecule has 88 valence electrons. The summed E-state index contributed by atoms with van der Waals surface area (Å²) in [6.07, 6.45) is 0. The summed E-state index contributed by atoms with van der Waals surface area (Å²) in [5.74, 6) is 0. The van der Waals surface area contributed by atoms with Crippen LogP contribution in [-0.4, -0.2) is 0 Å². The molecule has 0 atom stereocenters. The maximum atomic E-state index is 8.27. The fourth-order valence-corrected chi connectivity index (χ4v) is 2.39. The lowest BCUT2D eigenvalue weighted by molar-refractivity contribution is 1.64. The van der Waals surface area contributed by atoms with E-state index in [4.69, 9.17) is 19.8 Å². The molecule has 0 spiro atoms. The number of hydrogen-bond acceptors (Lipinski definition) is 0. The van der Waals surface area contributed by atoms with Crippen LogP contribution in [0.15, 0.2) is 65.0 Å². The second-order valence-corrected chi connectivity index (χ2v) is 4.93. The first-order chi connectivity index (χ1) is 11.3. The maximum Gasteiger partial charge on any atom is 0.0635 e. The van der Waals surface area contributed by atoms with Crippen LogP contribution in [0.5, 0.6) is 0 Å². The average Bonchev–Trinajstić information content (AvgIpc) is 2.57. The molecule has 0 aromatic heterocycles. The number of halogens is 2.